The van der Waals surface area contributed by atoms with Gasteiger partial charge in [-0.15, -0.1) is 0 Å². The number of hydrogen-bond acceptors (Lipinski definition) is 2. The third-order valence-electron chi connectivity index (χ3n) is 1.10. The molecule has 0 aliphatic carbocycles. The van der Waals surface area contributed by atoms with Gasteiger partial charge in [0.1, 0.15) is 6.29 Å². The first-order valence-corrected chi connectivity index (χ1v) is 3.20. The van der Waals surface area contributed by atoms with E-state index in [1.165, 1.54) is 0 Å². The van der Waals surface area contributed by atoms with Crippen LogP contribution in [0.5, 0.6) is 0 Å². The number of carbonyl (C=O) groups is 1. The summed E-state index contributed by atoms with van der Waals surface area (Å²) in [5.41, 5.74) is 0. The Labute approximate surface area is 74.7 Å². The first-order chi connectivity index (χ1) is 4.41. The molecule has 0 aliphatic rings. The number of unbranched alkanes of at least 4 members (excludes halogenated alkanes) is 4. The van der Waals surface area contributed by atoms with Gasteiger partial charge in [0, 0.05) is 26.5 Å². The Balaban J connectivity index is 0. The molecule has 3 heteroatoms. The van der Waals surface area contributed by atoms with E-state index in [2.05, 4.69) is 0 Å². The van der Waals surface area contributed by atoms with Crippen molar-refractivity contribution in [2.75, 3.05) is 0 Å². The van der Waals surface area contributed by atoms with Crippen molar-refractivity contribution in [2.24, 2.45) is 0 Å². The summed E-state index contributed by atoms with van der Waals surface area (Å²) >= 11 is 0. The van der Waals surface area contributed by atoms with Gasteiger partial charge in [-0.05, 0) is 6.42 Å². The zero-order valence-corrected chi connectivity index (χ0v) is 7.67. The van der Waals surface area contributed by atoms with Crippen LogP contribution in [0, 0.1) is 0 Å². The van der Waals surface area contributed by atoms with E-state index in [1.54, 1.807) is 6.29 Å². The second-order valence-corrected chi connectivity index (χ2v) is 1.91. The second-order valence-electron chi connectivity index (χ2n) is 1.91. The van der Waals surface area contributed by atoms with E-state index < -0.39 is 0 Å². The summed E-state index contributed by atoms with van der Waals surface area (Å²) in [4.78, 5) is 19.4. The van der Waals surface area contributed by atoms with Crippen LogP contribution in [0.25, 0.3) is 0 Å². The number of aldehydes is 1. The molecular formula is C7H11O2Tc-. The molecule has 0 atom stereocenters. The van der Waals surface area contributed by atoms with Crippen LogP contribution in [0.3, 0.4) is 0 Å². The summed E-state index contributed by atoms with van der Waals surface area (Å²) in [6, 6.07) is 0. The Morgan fingerprint density at radius 3 is 2.40 bits per heavy atom. The Morgan fingerprint density at radius 1 is 1.20 bits per heavy atom. The molecule has 0 bridgehead atoms. The molecule has 0 saturated heterocycles. The maximum absolute atomic E-state index is 9.76. The summed E-state index contributed by atoms with van der Waals surface area (Å²) in [6.07, 6.45) is 6.60. The van der Waals surface area contributed by atoms with Gasteiger partial charge in [0.15, 0.2) is 0 Å². The Kier molecular flexibility index (Phi) is 14.9. The largest absolute Gasteiger partial charge is 0.542 e. The molecule has 0 aliphatic heterocycles. The van der Waals surface area contributed by atoms with Crippen LogP contribution < -0.4 is 0 Å². The monoisotopic (exact) mass is 224 g/mol. The molecule has 0 heterocycles. The molecule has 0 unspecified atom stereocenters. The molecule has 0 aromatic heterocycles. The van der Waals surface area contributed by atoms with Crippen LogP contribution in [-0.2, 0) is 29.7 Å². The molecular weight excluding hydrogens is 214 g/mol. The summed E-state index contributed by atoms with van der Waals surface area (Å²) in [7, 11) is 0. The minimum atomic E-state index is 0. The van der Waals surface area contributed by atoms with Crippen LogP contribution in [0.2, 0.25) is 0 Å². The second kappa shape index (κ2) is 11.7. The topological polar surface area (TPSA) is 34.1 Å². The van der Waals surface area contributed by atoms with E-state index in [0.717, 1.165) is 25.5 Å². The van der Waals surface area contributed by atoms with Crippen LogP contribution in [0.1, 0.15) is 32.1 Å². The third-order valence-corrected chi connectivity index (χ3v) is 1.10. The van der Waals surface area contributed by atoms with Gasteiger partial charge in [0.25, 0.3) is 0 Å². The summed E-state index contributed by atoms with van der Waals surface area (Å²) in [5, 5.41) is 0. The van der Waals surface area contributed by atoms with Gasteiger partial charge in [-0.25, -0.2) is 0 Å². The SMILES string of the molecule is O=[C-]CCCCCC=O.[Tc]. The zero-order chi connectivity index (χ0) is 6.95. The third kappa shape index (κ3) is 10.9. The molecule has 0 fully saturated rings. The predicted molar refractivity (Wildman–Crippen MR) is 34.8 cm³/mol. The molecule has 2 nitrogen and oxygen atoms in total. The molecule has 59 valence electrons. The molecule has 0 spiro atoms. The van der Waals surface area contributed by atoms with E-state index >= 15 is 0 Å². The van der Waals surface area contributed by atoms with Crippen molar-refractivity contribution in [3.63, 3.8) is 0 Å². The van der Waals surface area contributed by atoms with E-state index in [9.17, 15) is 9.59 Å². The number of rotatable bonds is 6. The van der Waals surface area contributed by atoms with Crippen molar-refractivity contribution in [3.05, 3.63) is 0 Å². The molecule has 1 radical (unpaired) electrons. The minimum Gasteiger partial charge on any atom is -0.542 e. The Morgan fingerprint density at radius 2 is 1.90 bits per heavy atom. The Bertz CT molecular complexity index is 73.7. The van der Waals surface area contributed by atoms with Gasteiger partial charge in [0.05, 0.1) is 0 Å². The van der Waals surface area contributed by atoms with Crippen molar-refractivity contribution in [3.8, 4) is 0 Å². The fourth-order valence-corrected chi connectivity index (χ4v) is 0.602. The standard InChI is InChI=1S/C7H11O2.Tc/c8-6-4-2-1-3-5-7-9;/h6H,1-5H2;/q-1;. The normalized spacial score (nSPS) is 8.00. The first-order valence-electron chi connectivity index (χ1n) is 3.20. The van der Waals surface area contributed by atoms with Crippen LogP contribution in [0.4, 0.5) is 0 Å². The number of carbonyl (C=O) groups excluding carboxylic acids is 2. The van der Waals surface area contributed by atoms with E-state index in [1.807, 2.05) is 0 Å². The van der Waals surface area contributed by atoms with Gasteiger partial charge in [-0.3, -0.25) is 6.29 Å². The van der Waals surface area contributed by atoms with Gasteiger partial charge in [-0.1, -0.05) is 12.8 Å². The molecule has 0 aromatic rings. The van der Waals surface area contributed by atoms with Crippen LogP contribution >= 0.6 is 0 Å². The van der Waals surface area contributed by atoms with Crippen molar-refractivity contribution in [1.82, 2.24) is 0 Å². The van der Waals surface area contributed by atoms with E-state index in [-0.39, 0.29) is 20.1 Å². The average molecular weight is 225 g/mol. The smallest absolute Gasteiger partial charge is 0.119 e. The van der Waals surface area contributed by atoms with Crippen molar-refractivity contribution in [1.29, 1.82) is 0 Å². The summed E-state index contributed by atoms with van der Waals surface area (Å²) < 4.78 is 0. The first kappa shape index (κ1) is 12.6. The summed E-state index contributed by atoms with van der Waals surface area (Å²) in [5.74, 6) is 0. The van der Waals surface area contributed by atoms with Crippen LogP contribution in [-0.4, -0.2) is 12.6 Å². The quantitative estimate of drug-likeness (QED) is 0.387. The van der Waals surface area contributed by atoms with E-state index in [4.69, 9.17) is 0 Å². The van der Waals surface area contributed by atoms with Crippen molar-refractivity contribution in [2.45, 2.75) is 32.1 Å². The van der Waals surface area contributed by atoms with Crippen molar-refractivity contribution >= 4 is 12.6 Å². The molecule has 10 heavy (non-hydrogen) atoms. The molecule has 0 saturated carbocycles. The molecule has 0 aromatic carbocycles. The fourth-order valence-electron chi connectivity index (χ4n) is 0.602. The maximum atomic E-state index is 9.76. The summed E-state index contributed by atoms with van der Waals surface area (Å²) in [6.45, 7) is 0. The molecule has 0 N–H and O–H groups in total. The van der Waals surface area contributed by atoms with E-state index in [0.29, 0.717) is 12.8 Å². The van der Waals surface area contributed by atoms with Gasteiger partial charge in [0.2, 0.25) is 0 Å². The van der Waals surface area contributed by atoms with Gasteiger partial charge >= 0.3 is 0 Å². The maximum Gasteiger partial charge on any atom is 0.119 e. The van der Waals surface area contributed by atoms with Gasteiger partial charge in [-0.2, -0.15) is 6.42 Å². The fraction of sp³-hybridized carbons (Fsp3) is 0.714. The number of hydrogen-bond donors (Lipinski definition) is 0. The average Bonchev–Trinajstić information content (AvgIpc) is 1.89. The van der Waals surface area contributed by atoms with Crippen LogP contribution in [0.15, 0.2) is 0 Å². The molecule has 0 amide bonds. The van der Waals surface area contributed by atoms with Crippen molar-refractivity contribution < 1.29 is 29.7 Å². The predicted octanol–water partition coefficient (Wildman–Crippen LogP) is 1.24. The minimum absolute atomic E-state index is 0. The van der Waals surface area contributed by atoms with Gasteiger partial charge < -0.3 is 9.59 Å². The molecule has 0 rings (SSSR count). The zero-order valence-electron chi connectivity index (χ0n) is 5.81. The Hall–Kier alpha value is -0.0106.